The van der Waals surface area contributed by atoms with Crippen molar-refractivity contribution in [2.75, 3.05) is 25.1 Å². The van der Waals surface area contributed by atoms with Gasteiger partial charge in [-0.05, 0) is 35.9 Å². The first kappa shape index (κ1) is 20.5. The molecule has 1 amide bonds. The van der Waals surface area contributed by atoms with Crippen LogP contribution in [0.1, 0.15) is 17.7 Å². The van der Waals surface area contributed by atoms with Gasteiger partial charge in [-0.15, -0.1) is 11.8 Å². The number of thioether (sulfide) groups is 1. The minimum Gasteiger partial charge on any atom is -0.497 e. The highest BCUT2D eigenvalue weighted by molar-refractivity contribution is 7.99. The molecule has 0 spiro atoms. The Hall–Kier alpha value is -2.22. The first-order valence-electron chi connectivity index (χ1n) is 8.73. The van der Waals surface area contributed by atoms with Crippen LogP contribution in [0.25, 0.3) is 0 Å². The van der Waals surface area contributed by atoms with E-state index in [0.717, 1.165) is 10.5 Å². The molecular weight excluding hydrogens is 400 g/mol. The van der Waals surface area contributed by atoms with Crippen LogP contribution in [0, 0.1) is 0 Å². The van der Waals surface area contributed by atoms with Crippen molar-refractivity contribution in [2.24, 2.45) is 5.73 Å². The second-order valence-corrected chi connectivity index (χ2v) is 7.85. The molecule has 0 radical (unpaired) electrons. The maximum absolute atomic E-state index is 13.3. The van der Waals surface area contributed by atoms with Crippen molar-refractivity contribution in [1.82, 2.24) is 0 Å². The predicted molar refractivity (Wildman–Crippen MR) is 110 cm³/mol. The molecule has 6 nitrogen and oxygen atoms in total. The third-order valence-corrected chi connectivity index (χ3v) is 5.93. The van der Waals surface area contributed by atoms with Crippen LogP contribution >= 0.6 is 23.4 Å². The third-order valence-electron chi connectivity index (χ3n) is 4.34. The van der Waals surface area contributed by atoms with Crippen molar-refractivity contribution in [3.63, 3.8) is 0 Å². The molecule has 0 saturated carbocycles. The molecule has 3 rings (SSSR count). The van der Waals surface area contributed by atoms with Gasteiger partial charge in [-0.25, -0.2) is 0 Å². The minimum absolute atomic E-state index is 0.276. The van der Waals surface area contributed by atoms with Crippen LogP contribution in [0.5, 0.6) is 5.75 Å². The second-order valence-electron chi connectivity index (χ2n) is 6.23. The van der Waals surface area contributed by atoms with E-state index in [1.807, 2.05) is 30.3 Å². The summed E-state index contributed by atoms with van der Waals surface area (Å²) in [5.41, 5.74) is 7.28. The molecule has 0 aromatic heterocycles. The average Bonchev–Trinajstić information content (AvgIpc) is 2.78. The summed E-state index contributed by atoms with van der Waals surface area (Å²) in [5, 5.41) is 0.119. The Balaban J connectivity index is 2.12. The lowest BCUT2D eigenvalue weighted by Crippen LogP contribution is -2.44. The van der Waals surface area contributed by atoms with Crippen LogP contribution in [0.15, 0.2) is 47.4 Å². The molecule has 0 saturated heterocycles. The summed E-state index contributed by atoms with van der Waals surface area (Å²) in [6.07, 6.45) is -0.992. The predicted octanol–water partition coefficient (Wildman–Crippen LogP) is 3.42. The monoisotopic (exact) mass is 420 g/mol. The van der Waals surface area contributed by atoms with E-state index in [0.29, 0.717) is 23.0 Å². The molecule has 0 bridgehead atoms. The first-order valence-corrected chi connectivity index (χ1v) is 9.99. The molecule has 2 aromatic rings. The zero-order valence-corrected chi connectivity index (χ0v) is 17.1. The summed E-state index contributed by atoms with van der Waals surface area (Å²) in [6.45, 7) is 1.88. The minimum atomic E-state index is -0.992. The summed E-state index contributed by atoms with van der Waals surface area (Å²) < 4.78 is 10.7. The van der Waals surface area contributed by atoms with E-state index in [-0.39, 0.29) is 12.5 Å². The van der Waals surface area contributed by atoms with Crippen LogP contribution in [0.4, 0.5) is 5.69 Å². The van der Waals surface area contributed by atoms with Crippen molar-refractivity contribution in [2.45, 2.75) is 23.2 Å². The van der Waals surface area contributed by atoms with E-state index in [2.05, 4.69) is 0 Å². The fourth-order valence-electron chi connectivity index (χ4n) is 3.09. The highest BCUT2D eigenvalue weighted by atomic mass is 35.5. The maximum Gasteiger partial charge on any atom is 0.303 e. The number of anilines is 1. The maximum atomic E-state index is 13.3. The smallest absolute Gasteiger partial charge is 0.303 e. The van der Waals surface area contributed by atoms with Gasteiger partial charge in [-0.2, -0.15) is 0 Å². The lowest BCUT2D eigenvalue weighted by Gasteiger charge is -2.27. The normalized spacial score (nSPS) is 19.0. The fraction of sp³-hybridized carbons (Fsp3) is 0.300. The number of ether oxygens (including phenoxy) is 2. The molecule has 0 fully saturated rings. The SMILES string of the molecule is COc1ccc([C@H]2Sc3cc(Cl)ccc3N(CCN)C(=O)[C@H]2OC(C)=O)cc1. The number of carbonyl (C=O) groups is 2. The molecular formula is C20H21ClN2O4S. The average molecular weight is 421 g/mol. The molecule has 28 heavy (non-hydrogen) atoms. The number of methoxy groups -OCH3 is 1. The van der Waals surface area contributed by atoms with E-state index in [1.54, 1.807) is 24.1 Å². The van der Waals surface area contributed by atoms with Crippen LogP contribution in [-0.4, -0.2) is 38.2 Å². The van der Waals surface area contributed by atoms with Gasteiger partial charge in [0.1, 0.15) is 5.75 Å². The number of fused-ring (bicyclic) bond motifs is 1. The Bertz CT molecular complexity index is 875. The Kier molecular flexibility index (Phi) is 6.49. The van der Waals surface area contributed by atoms with Crippen molar-refractivity contribution in [1.29, 1.82) is 0 Å². The number of nitrogens with zero attached hydrogens (tertiary/aromatic N) is 1. The van der Waals surface area contributed by atoms with Gasteiger partial charge in [-0.3, -0.25) is 9.59 Å². The van der Waals surface area contributed by atoms with E-state index in [9.17, 15) is 9.59 Å². The molecule has 1 heterocycles. The standard InChI is InChI=1S/C20H21ClN2O4S/c1-12(24)27-18-19(13-3-6-15(26-2)7-4-13)28-17-11-14(21)5-8-16(17)23(10-9-22)20(18)25/h3-8,11,18-19H,9-10,22H2,1-2H3/t18-,19+/m0/s1. The highest BCUT2D eigenvalue weighted by Crippen LogP contribution is 2.47. The number of nitrogens with two attached hydrogens (primary N) is 1. The van der Waals surface area contributed by atoms with Crippen molar-refractivity contribution < 1.29 is 19.1 Å². The molecule has 2 aromatic carbocycles. The largest absolute Gasteiger partial charge is 0.497 e. The molecule has 148 valence electrons. The highest BCUT2D eigenvalue weighted by Gasteiger charge is 2.40. The van der Waals surface area contributed by atoms with Crippen molar-refractivity contribution in [3.05, 3.63) is 53.1 Å². The van der Waals surface area contributed by atoms with Gasteiger partial charge < -0.3 is 20.1 Å². The molecule has 0 unspecified atom stereocenters. The zero-order valence-electron chi connectivity index (χ0n) is 15.6. The Morgan fingerprint density at radius 3 is 2.57 bits per heavy atom. The molecule has 2 N–H and O–H groups in total. The fourth-order valence-corrected chi connectivity index (χ4v) is 4.69. The van der Waals surface area contributed by atoms with Gasteiger partial charge in [0.25, 0.3) is 5.91 Å². The third kappa shape index (κ3) is 4.27. The number of hydrogen-bond acceptors (Lipinski definition) is 6. The lowest BCUT2D eigenvalue weighted by molar-refractivity contribution is -0.152. The lowest BCUT2D eigenvalue weighted by atomic mass is 10.1. The number of amides is 1. The molecule has 8 heteroatoms. The number of hydrogen-bond donors (Lipinski definition) is 1. The summed E-state index contributed by atoms with van der Waals surface area (Å²) in [5.74, 6) is -0.130. The second kappa shape index (κ2) is 8.86. The van der Waals surface area contributed by atoms with Crippen LogP contribution in [0.3, 0.4) is 0 Å². The van der Waals surface area contributed by atoms with Crippen molar-refractivity contribution >= 4 is 40.9 Å². The summed E-state index contributed by atoms with van der Waals surface area (Å²) in [7, 11) is 1.59. The first-order chi connectivity index (χ1) is 13.4. The topological polar surface area (TPSA) is 81.9 Å². The van der Waals surface area contributed by atoms with E-state index < -0.39 is 17.3 Å². The zero-order chi connectivity index (χ0) is 20.3. The molecule has 1 aliphatic rings. The van der Waals surface area contributed by atoms with Crippen LogP contribution < -0.4 is 15.4 Å². The Morgan fingerprint density at radius 1 is 1.25 bits per heavy atom. The number of esters is 1. The van der Waals surface area contributed by atoms with Gasteiger partial charge in [0.15, 0.2) is 6.10 Å². The number of carbonyl (C=O) groups excluding carboxylic acids is 2. The molecule has 1 aliphatic heterocycles. The van der Waals surface area contributed by atoms with E-state index in [1.165, 1.54) is 18.7 Å². The van der Waals surface area contributed by atoms with E-state index >= 15 is 0 Å². The van der Waals surface area contributed by atoms with Gasteiger partial charge in [-0.1, -0.05) is 23.7 Å². The molecule has 0 aliphatic carbocycles. The van der Waals surface area contributed by atoms with Crippen LogP contribution in [0.2, 0.25) is 5.02 Å². The summed E-state index contributed by atoms with van der Waals surface area (Å²) in [4.78, 5) is 27.5. The number of rotatable bonds is 5. The van der Waals surface area contributed by atoms with Gasteiger partial charge in [0.05, 0.1) is 18.0 Å². The van der Waals surface area contributed by atoms with Crippen molar-refractivity contribution in [3.8, 4) is 5.75 Å². The number of halogens is 1. The number of benzene rings is 2. The summed E-state index contributed by atoms with van der Waals surface area (Å²) in [6, 6.07) is 12.7. The Labute approximate surface area is 172 Å². The van der Waals surface area contributed by atoms with Gasteiger partial charge in [0, 0.05) is 29.9 Å². The van der Waals surface area contributed by atoms with Gasteiger partial charge >= 0.3 is 5.97 Å². The van der Waals surface area contributed by atoms with Crippen LogP contribution in [-0.2, 0) is 14.3 Å². The van der Waals surface area contributed by atoms with E-state index in [4.69, 9.17) is 26.8 Å². The Morgan fingerprint density at radius 2 is 1.96 bits per heavy atom. The summed E-state index contributed by atoms with van der Waals surface area (Å²) >= 11 is 7.64. The quantitative estimate of drug-likeness (QED) is 0.746. The molecule has 2 atom stereocenters. The van der Waals surface area contributed by atoms with Gasteiger partial charge in [0.2, 0.25) is 0 Å².